The van der Waals surface area contributed by atoms with E-state index in [-0.39, 0.29) is 0 Å². The maximum Gasteiger partial charge on any atom is 0.163 e. The summed E-state index contributed by atoms with van der Waals surface area (Å²) < 4.78 is 12.2. The highest BCUT2D eigenvalue weighted by Gasteiger charge is 2.34. The lowest BCUT2D eigenvalue weighted by molar-refractivity contribution is -0.121. The highest BCUT2D eigenvalue weighted by Crippen LogP contribution is 2.43. The summed E-state index contributed by atoms with van der Waals surface area (Å²) in [4.78, 5) is 11.3. The van der Waals surface area contributed by atoms with Crippen molar-refractivity contribution in [2.75, 3.05) is 0 Å². The highest BCUT2D eigenvalue weighted by atomic mass is 16.5. The number of aldehydes is 1. The van der Waals surface area contributed by atoms with Crippen LogP contribution in [0.3, 0.4) is 0 Å². The maximum absolute atomic E-state index is 11.3. The van der Waals surface area contributed by atoms with Gasteiger partial charge in [-0.25, -0.2) is 0 Å². The second-order valence-electron chi connectivity index (χ2n) is 6.82. The van der Waals surface area contributed by atoms with E-state index >= 15 is 0 Å². The van der Waals surface area contributed by atoms with Gasteiger partial charge in [0.25, 0.3) is 0 Å². The molecule has 2 aromatic rings. The predicted octanol–water partition coefficient (Wildman–Crippen LogP) is 4.47. The summed E-state index contributed by atoms with van der Waals surface area (Å²) in [7, 11) is 0. The SMILES string of the molecule is Cc1c(C)c2c(c(C)c1OCc1ccccc1)CCC(C)(C=O)O2. The highest BCUT2D eigenvalue weighted by molar-refractivity contribution is 5.66. The molecule has 3 rings (SSSR count). The Morgan fingerprint density at radius 3 is 2.50 bits per heavy atom. The van der Waals surface area contributed by atoms with E-state index < -0.39 is 5.60 Å². The number of hydrogen-bond acceptors (Lipinski definition) is 3. The number of carbonyl (C=O) groups is 1. The molecule has 1 heterocycles. The van der Waals surface area contributed by atoms with E-state index in [0.29, 0.717) is 13.0 Å². The first-order chi connectivity index (χ1) is 11.4. The van der Waals surface area contributed by atoms with Crippen LogP contribution >= 0.6 is 0 Å². The predicted molar refractivity (Wildman–Crippen MR) is 94.8 cm³/mol. The van der Waals surface area contributed by atoms with Gasteiger partial charge in [0.05, 0.1) is 0 Å². The molecule has 0 saturated heterocycles. The monoisotopic (exact) mass is 324 g/mol. The molecule has 0 N–H and O–H groups in total. The third-order valence-corrected chi connectivity index (χ3v) is 4.99. The van der Waals surface area contributed by atoms with Crippen molar-refractivity contribution in [2.45, 2.75) is 52.7 Å². The zero-order valence-corrected chi connectivity index (χ0v) is 14.8. The van der Waals surface area contributed by atoms with Crippen LogP contribution in [0, 0.1) is 20.8 Å². The molecule has 0 fully saturated rings. The van der Waals surface area contributed by atoms with Gasteiger partial charge in [-0.3, -0.25) is 4.79 Å². The number of rotatable bonds is 4. The van der Waals surface area contributed by atoms with Crippen LogP contribution in [0.25, 0.3) is 0 Å². The van der Waals surface area contributed by atoms with E-state index in [2.05, 4.69) is 26.0 Å². The molecule has 0 bridgehead atoms. The first-order valence-corrected chi connectivity index (χ1v) is 8.40. The Morgan fingerprint density at radius 2 is 1.83 bits per heavy atom. The minimum Gasteiger partial charge on any atom is -0.488 e. The molecule has 3 heteroatoms. The lowest BCUT2D eigenvalue weighted by atomic mass is 9.88. The Kier molecular flexibility index (Phi) is 4.35. The molecule has 126 valence electrons. The normalized spacial score (nSPS) is 19.3. The zero-order valence-electron chi connectivity index (χ0n) is 14.8. The van der Waals surface area contributed by atoms with Gasteiger partial charge in [-0.15, -0.1) is 0 Å². The molecule has 0 radical (unpaired) electrons. The van der Waals surface area contributed by atoms with Crippen LogP contribution in [0.5, 0.6) is 11.5 Å². The summed E-state index contributed by atoms with van der Waals surface area (Å²) in [5, 5.41) is 0. The third-order valence-electron chi connectivity index (χ3n) is 4.99. The van der Waals surface area contributed by atoms with Crippen molar-refractivity contribution in [1.29, 1.82) is 0 Å². The molecule has 0 amide bonds. The molecule has 1 aliphatic heterocycles. The van der Waals surface area contributed by atoms with Gasteiger partial charge in [0, 0.05) is 5.56 Å². The van der Waals surface area contributed by atoms with Gasteiger partial charge in [0.1, 0.15) is 18.1 Å². The van der Waals surface area contributed by atoms with Crippen molar-refractivity contribution in [3.05, 3.63) is 58.1 Å². The smallest absolute Gasteiger partial charge is 0.163 e. The standard InChI is InChI=1S/C21H24O3/c1-14-15(2)20-18(10-11-21(4,13-22)24-20)16(3)19(14)23-12-17-8-6-5-7-9-17/h5-9,13H,10-12H2,1-4H3. The molecule has 3 nitrogen and oxygen atoms in total. The summed E-state index contributed by atoms with van der Waals surface area (Å²) in [5.74, 6) is 1.80. The number of benzene rings is 2. The largest absolute Gasteiger partial charge is 0.488 e. The van der Waals surface area contributed by atoms with Gasteiger partial charge in [0.15, 0.2) is 11.9 Å². The molecule has 0 aliphatic carbocycles. The number of carbonyl (C=O) groups excluding carboxylic acids is 1. The molecule has 1 unspecified atom stereocenters. The van der Waals surface area contributed by atoms with Crippen molar-refractivity contribution < 1.29 is 14.3 Å². The maximum atomic E-state index is 11.3. The lowest BCUT2D eigenvalue weighted by Crippen LogP contribution is -2.38. The van der Waals surface area contributed by atoms with Crippen molar-refractivity contribution in [2.24, 2.45) is 0 Å². The number of fused-ring (bicyclic) bond motifs is 1. The average molecular weight is 324 g/mol. The van der Waals surface area contributed by atoms with E-state index in [1.54, 1.807) is 0 Å². The van der Waals surface area contributed by atoms with E-state index in [9.17, 15) is 4.79 Å². The van der Waals surface area contributed by atoms with E-state index in [1.165, 1.54) is 5.56 Å². The van der Waals surface area contributed by atoms with Gasteiger partial charge in [-0.2, -0.15) is 0 Å². The Labute approximate surface area is 143 Å². The van der Waals surface area contributed by atoms with Crippen LogP contribution in [0.4, 0.5) is 0 Å². The van der Waals surface area contributed by atoms with Gasteiger partial charge >= 0.3 is 0 Å². The van der Waals surface area contributed by atoms with Crippen LogP contribution in [0.2, 0.25) is 0 Å². The quantitative estimate of drug-likeness (QED) is 0.778. The van der Waals surface area contributed by atoms with Crippen LogP contribution in [0.1, 0.15) is 41.2 Å². The van der Waals surface area contributed by atoms with Crippen LogP contribution in [-0.2, 0) is 17.8 Å². The molecule has 0 spiro atoms. The zero-order chi connectivity index (χ0) is 17.3. The van der Waals surface area contributed by atoms with E-state index in [4.69, 9.17) is 9.47 Å². The summed E-state index contributed by atoms with van der Waals surface area (Å²) in [6.45, 7) is 8.58. The molecule has 2 aromatic carbocycles. The minimum absolute atomic E-state index is 0.549. The average Bonchev–Trinajstić information content (AvgIpc) is 2.60. The molecule has 24 heavy (non-hydrogen) atoms. The van der Waals surface area contributed by atoms with Gasteiger partial charge in [-0.1, -0.05) is 30.3 Å². The van der Waals surface area contributed by atoms with Crippen molar-refractivity contribution in [1.82, 2.24) is 0 Å². The molecular weight excluding hydrogens is 300 g/mol. The fraction of sp³-hybridized carbons (Fsp3) is 0.381. The second kappa shape index (κ2) is 6.31. The van der Waals surface area contributed by atoms with E-state index in [1.807, 2.05) is 32.0 Å². The number of hydrogen-bond donors (Lipinski definition) is 0. The Balaban J connectivity index is 1.95. The number of ether oxygens (including phenoxy) is 2. The van der Waals surface area contributed by atoms with Crippen LogP contribution < -0.4 is 9.47 Å². The topological polar surface area (TPSA) is 35.5 Å². The lowest BCUT2D eigenvalue weighted by Gasteiger charge is -2.34. The van der Waals surface area contributed by atoms with Crippen molar-refractivity contribution >= 4 is 6.29 Å². The second-order valence-corrected chi connectivity index (χ2v) is 6.82. The Hall–Kier alpha value is -2.29. The molecule has 1 aliphatic rings. The summed E-state index contributed by atoms with van der Waals surface area (Å²) >= 11 is 0. The third kappa shape index (κ3) is 2.91. The Morgan fingerprint density at radius 1 is 1.12 bits per heavy atom. The fourth-order valence-corrected chi connectivity index (χ4v) is 3.28. The molecule has 0 saturated carbocycles. The van der Waals surface area contributed by atoms with Crippen molar-refractivity contribution in [3.8, 4) is 11.5 Å². The van der Waals surface area contributed by atoms with Gasteiger partial charge in [-0.05, 0) is 62.8 Å². The Bertz CT molecular complexity index is 765. The van der Waals surface area contributed by atoms with Crippen molar-refractivity contribution in [3.63, 3.8) is 0 Å². The summed E-state index contributed by atoms with van der Waals surface area (Å²) in [6.07, 6.45) is 2.45. The fourth-order valence-electron chi connectivity index (χ4n) is 3.28. The van der Waals surface area contributed by atoms with Crippen LogP contribution in [-0.4, -0.2) is 11.9 Å². The summed E-state index contributed by atoms with van der Waals surface area (Å²) in [6, 6.07) is 10.2. The first-order valence-electron chi connectivity index (χ1n) is 8.40. The van der Waals surface area contributed by atoms with Gasteiger partial charge < -0.3 is 9.47 Å². The van der Waals surface area contributed by atoms with Gasteiger partial charge in [0.2, 0.25) is 0 Å². The molecule has 0 aromatic heterocycles. The summed E-state index contributed by atoms with van der Waals surface area (Å²) in [5.41, 5.74) is 4.86. The first kappa shape index (κ1) is 16.6. The minimum atomic E-state index is -0.719. The van der Waals surface area contributed by atoms with E-state index in [0.717, 1.165) is 46.5 Å². The molecule has 1 atom stereocenters. The van der Waals surface area contributed by atoms with Crippen LogP contribution in [0.15, 0.2) is 30.3 Å². The molecular formula is C21H24O3.